The minimum absolute atomic E-state index is 0.0852. The van der Waals surface area contributed by atoms with E-state index in [1.807, 2.05) is 42.2 Å². The van der Waals surface area contributed by atoms with Crippen molar-refractivity contribution < 1.29 is 4.79 Å². The Morgan fingerprint density at radius 2 is 2.20 bits per heavy atom. The Bertz CT molecular complexity index is 653. The van der Waals surface area contributed by atoms with Crippen LogP contribution in [-0.2, 0) is 0 Å². The molecule has 4 nitrogen and oxygen atoms in total. The van der Waals surface area contributed by atoms with Gasteiger partial charge in [-0.05, 0) is 26.0 Å². The van der Waals surface area contributed by atoms with Crippen LogP contribution >= 0.6 is 0 Å². The zero-order chi connectivity index (χ0) is 14.1. The molecule has 1 N–H and O–H groups in total. The predicted molar refractivity (Wildman–Crippen MR) is 79.8 cm³/mol. The molecule has 104 valence electrons. The summed E-state index contributed by atoms with van der Waals surface area (Å²) >= 11 is 0. The highest BCUT2D eigenvalue weighted by Crippen LogP contribution is 2.19. The maximum atomic E-state index is 12.7. The number of amides is 1. The van der Waals surface area contributed by atoms with Gasteiger partial charge in [0.2, 0.25) is 0 Å². The van der Waals surface area contributed by atoms with Gasteiger partial charge in [-0.2, -0.15) is 0 Å². The fourth-order valence-corrected chi connectivity index (χ4v) is 2.70. The smallest absolute Gasteiger partial charge is 0.256 e. The molecule has 0 bridgehead atoms. The molecule has 2 aromatic rings. The molecule has 0 saturated carbocycles. The lowest BCUT2D eigenvalue weighted by molar-refractivity contribution is 0.0711. The van der Waals surface area contributed by atoms with Gasteiger partial charge in [-0.3, -0.25) is 9.78 Å². The van der Waals surface area contributed by atoms with Crippen LogP contribution in [0.4, 0.5) is 0 Å². The third-order valence-electron chi connectivity index (χ3n) is 3.75. The summed E-state index contributed by atoms with van der Waals surface area (Å²) in [7, 11) is 0. The topological polar surface area (TPSA) is 45.2 Å². The van der Waals surface area contributed by atoms with Gasteiger partial charge in [0.25, 0.3) is 5.91 Å². The molecule has 0 radical (unpaired) electrons. The number of carbonyl (C=O) groups excluding carboxylic acids is 1. The number of hydrogen-bond acceptors (Lipinski definition) is 3. The van der Waals surface area contributed by atoms with Crippen molar-refractivity contribution in [3.05, 3.63) is 41.6 Å². The monoisotopic (exact) mass is 269 g/mol. The Kier molecular flexibility index (Phi) is 3.40. The highest BCUT2D eigenvalue weighted by molar-refractivity contribution is 6.05. The van der Waals surface area contributed by atoms with E-state index in [0.717, 1.165) is 36.2 Å². The van der Waals surface area contributed by atoms with Crippen molar-refractivity contribution >= 4 is 16.8 Å². The van der Waals surface area contributed by atoms with Crippen molar-refractivity contribution in [2.24, 2.45) is 0 Å². The number of rotatable bonds is 1. The molecular formula is C16H19N3O. The summed E-state index contributed by atoms with van der Waals surface area (Å²) in [5.41, 5.74) is 2.45. The molecule has 1 aliphatic rings. The SMILES string of the molecule is Cc1ccc2cccc(C(=O)N3CCN[C@@H](C)C3)c2n1. The molecular weight excluding hydrogens is 250 g/mol. The highest BCUT2D eigenvalue weighted by atomic mass is 16.2. The van der Waals surface area contributed by atoms with E-state index in [1.54, 1.807) is 0 Å². The van der Waals surface area contributed by atoms with E-state index >= 15 is 0 Å². The van der Waals surface area contributed by atoms with Crippen molar-refractivity contribution in [3.8, 4) is 0 Å². The van der Waals surface area contributed by atoms with Crippen LogP contribution in [0, 0.1) is 6.92 Å². The van der Waals surface area contributed by atoms with Crippen LogP contribution in [0.5, 0.6) is 0 Å². The van der Waals surface area contributed by atoms with Gasteiger partial charge in [-0.1, -0.05) is 18.2 Å². The molecule has 1 fully saturated rings. The normalized spacial score (nSPS) is 19.3. The first kappa shape index (κ1) is 13.1. The summed E-state index contributed by atoms with van der Waals surface area (Å²) in [4.78, 5) is 19.2. The maximum absolute atomic E-state index is 12.7. The van der Waals surface area contributed by atoms with Gasteiger partial charge in [0.15, 0.2) is 0 Å². The second kappa shape index (κ2) is 5.21. The molecule has 1 atom stereocenters. The summed E-state index contributed by atoms with van der Waals surface area (Å²) in [6.45, 7) is 6.41. The van der Waals surface area contributed by atoms with Crippen LogP contribution in [0.15, 0.2) is 30.3 Å². The molecule has 3 rings (SSSR count). The van der Waals surface area contributed by atoms with E-state index in [9.17, 15) is 4.79 Å². The van der Waals surface area contributed by atoms with Gasteiger partial charge in [-0.15, -0.1) is 0 Å². The zero-order valence-electron chi connectivity index (χ0n) is 11.9. The van der Waals surface area contributed by atoms with Gasteiger partial charge in [0, 0.05) is 36.8 Å². The lowest BCUT2D eigenvalue weighted by Gasteiger charge is -2.32. The molecule has 20 heavy (non-hydrogen) atoms. The first-order valence-corrected chi connectivity index (χ1v) is 7.04. The van der Waals surface area contributed by atoms with Crippen molar-refractivity contribution in [2.45, 2.75) is 19.9 Å². The van der Waals surface area contributed by atoms with Crippen LogP contribution < -0.4 is 5.32 Å². The van der Waals surface area contributed by atoms with Crippen LogP contribution in [0.1, 0.15) is 23.0 Å². The summed E-state index contributed by atoms with van der Waals surface area (Å²) in [6, 6.07) is 10.1. The second-order valence-electron chi connectivity index (χ2n) is 5.44. The lowest BCUT2D eigenvalue weighted by Crippen LogP contribution is -2.51. The molecule has 1 amide bonds. The number of pyridine rings is 1. The Hall–Kier alpha value is -1.94. The van der Waals surface area contributed by atoms with E-state index in [2.05, 4.69) is 17.2 Å². The largest absolute Gasteiger partial charge is 0.336 e. The Morgan fingerprint density at radius 1 is 1.35 bits per heavy atom. The van der Waals surface area contributed by atoms with Gasteiger partial charge >= 0.3 is 0 Å². The molecule has 1 aromatic heterocycles. The van der Waals surface area contributed by atoms with E-state index in [-0.39, 0.29) is 5.91 Å². The Morgan fingerprint density at radius 3 is 3.00 bits per heavy atom. The minimum atomic E-state index is 0.0852. The molecule has 2 heterocycles. The average Bonchev–Trinajstić information content (AvgIpc) is 2.46. The number of nitrogens with zero attached hydrogens (tertiary/aromatic N) is 2. The predicted octanol–water partition coefficient (Wildman–Crippen LogP) is 1.98. The summed E-state index contributed by atoms with van der Waals surface area (Å²) in [5, 5.41) is 4.37. The minimum Gasteiger partial charge on any atom is -0.336 e. The average molecular weight is 269 g/mol. The van der Waals surface area contributed by atoms with Gasteiger partial charge < -0.3 is 10.2 Å². The van der Waals surface area contributed by atoms with Crippen molar-refractivity contribution in [1.29, 1.82) is 0 Å². The molecule has 0 aliphatic carbocycles. The van der Waals surface area contributed by atoms with Crippen molar-refractivity contribution in [2.75, 3.05) is 19.6 Å². The fourth-order valence-electron chi connectivity index (χ4n) is 2.70. The van der Waals surface area contributed by atoms with E-state index < -0.39 is 0 Å². The quantitative estimate of drug-likeness (QED) is 0.861. The van der Waals surface area contributed by atoms with Crippen LogP contribution in [0.3, 0.4) is 0 Å². The lowest BCUT2D eigenvalue weighted by atomic mass is 10.1. The van der Waals surface area contributed by atoms with Gasteiger partial charge in [0.1, 0.15) is 0 Å². The summed E-state index contributed by atoms with van der Waals surface area (Å²) in [5.74, 6) is 0.0852. The van der Waals surface area contributed by atoms with E-state index in [1.165, 1.54) is 0 Å². The Labute approximate surface area is 118 Å². The zero-order valence-corrected chi connectivity index (χ0v) is 11.9. The maximum Gasteiger partial charge on any atom is 0.256 e. The molecule has 1 aromatic carbocycles. The van der Waals surface area contributed by atoms with Gasteiger partial charge in [-0.25, -0.2) is 0 Å². The van der Waals surface area contributed by atoms with Crippen LogP contribution in [0.25, 0.3) is 10.9 Å². The van der Waals surface area contributed by atoms with Gasteiger partial charge in [0.05, 0.1) is 11.1 Å². The third-order valence-corrected chi connectivity index (χ3v) is 3.75. The van der Waals surface area contributed by atoms with E-state index in [0.29, 0.717) is 11.6 Å². The number of fused-ring (bicyclic) bond motifs is 1. The summed E-state index contributed by atoms with van der Waals surface area (Å²) in [6.07, 6.45) is 0. The molecule has 1 aliphatic heterocycles. The highest BCUT2D eigenvalue weighted by Gasteiger charge is 2.23. The number of piperazine rings is 1. The standard InChI is InChI=1S/C16H19N3O/c1-11-6-7-13-4-3-5-14(15(13)18-11)16(20)19-9-8-17-12(2)10-19/h3-7,12,17H,8-10H2,1-2H3/t12-/m0/s1. The second-order valence-corrected chi connectivity index (χ2v) is 5.44. The third kappa shape index (κ3) is 2.39. The fraction of sp³-hybridized carbons (Fsp3) is 0.375. The van der Waals surface area contributed by atoms with Crippen molar-refractivity contribution in [1.82, 2.24) is 15.2 Å². The number of aromatic nitrogens is 1. The number of nitrogens with one attached hydrogen (secondary N) is 1. The molecule has 1 saturated heterocycles. The van der Waals surface area contributed by atoms with E-state index in [4.69, 9.17) is 0 Å². The number of aryl methyl sites for hydroxylation is 1. The first-order chi connectivity index (χ1) is 9.65. The van der Waals surface area contributed by atoms with Crippen molar-refractivity contribution in [3.63, 3.8) is 0 Å². The molecule has 0 spiro atoms. The molecule has 0 unspecified atom stereocenters. The number of para-hydroxylation sites is 1. The number of carbonyl (C=O) groups is 1. The number of hydrogen-bond donors (Lipinski definition) is 1. The first-order valence-electron chi connectivity index (χ1n) is 7.04. The van der Waals surface area contributed by atoms with Crippen LogP contribution in [-0.4, -0.2) is 41.5 Å². The van der Waals surface area contributed by atoms with Crippen LogP contribution in [0.2, 0.25) is 0 Å². The summed E-state index contributed by atoms with van der Waals surface area (Å²) < 4.78 is 0. The number of benzene rings is 1. The molecule has 4 heteroatoms. The Balaban J connectivity index is 2.00.